The summed E-state index contributed by atoms with van der Waals surface area (Å²) in [7, 11) is 0. The quantitative estimate of drug-likeness (QED) is 0.748. The second-order valence-corrected chi connectivity index (χ2v) is 7.43. The predicted octanol–water partition coefficient (Wildman–Crippen LogP) is 5.74. The molecule has 0 aliphatic heterocycles. The zero-order chi connectivity index (χ0) is 14.7. The number of hydrogen-bond acceptors (Lipinski definition) is 1. The highest BCUT2D eigenvalue weighted by Crippen LogP contribution is 2.41. The van der Waals surface area contributed by atoms with E-state index in [2.05, 4.69) is 30.4 Å². The van der Waals surface area contributed by atoms with Crippen LogP contribution in [-0.2, 0) is 0 Å². The summed E-state index contributed by atoms with van der Waals surface area (Å²) in [6.45, 7) is 2.27. The second-order valence-electron chi connectivity index (χ2n) is 7.00. The molecule has 1 aromatic rings. The molecule has 0 aromatic heterocycles. The van der Waals surface area contributed by atoms with Crippen molar-refractivity contribution in [2.45, 2.75) is 70.4 Å². The Labute approximate surface area is 134 Å². The van der Waals surface area contributed by atoms with Gasteiger partial charge in [0.05, 0.1) is 0 Å². The van der Waals surface area contributed by atoms with E-state index in [0.717, 1.165) is 23.3 Å². The maximum absolute atomic E-state index is 6.15. The van der Waals surface area contributed by atoms with Crippen molar-refractivity contribution in [1.82, 2.24) is 5.32 Å². The highest BCUT2D eigenvalue weighted by atomic mass is 35.5. The molecule has 116 valence electrons. The first-order valence-corrected chi connectivity index (χ1v) is 9.15. The third-order valence-electron chi connectivity index (χ3n) is 5.64. The van der Waals surface area contributed by atoms with E-state index in [1.54, 1.807) is 0 Å². The SMILES string of the molecule is CCC(NC1CCC2CCCCC2C1)c1cccc(Cl)c1. The first-order chi connectivity index (χ1) is 10.3. The van der Waals surface area contributed by atoms with Gasteiger partial charge in [-0.25, -0.2) is 0 Å². The largest absolute Gasteiger partial charge is 0.307 e. The van der Waals surface area contributed by atoms with Crippen LogP contribution in [0.1, 0.15) is 69.9 Å². The molecule has 1 N–H and O–H groups in total. The van der Waals surface area contributed by atoms with Gasteiger partial charge in [-0.3, -0.25) is 0 Å². The van der Waals surface area contributed by atoms with Gasteiger partial charge < -0.3 is 5.32 Å². The molecule has 2 aliphatic carbocycles. The fourth-order valence-electron chi connectivity index (χ4n) is 4.48. The van der Waals surface area contributed by atoms with Crippen molar-refractivity contribution in [2.75, 3.05) is 0 Å². The van der Waals surface area contributed by atoms with Gasteiger partial charge in [0.25, 0.3) is 0 Å². The lowest BCUT2D eigenvalue weighted by Gasteiger charge is -2.40. The van der Waals surface area contributed by atoms with Gasteiger partial charge in [-0.1, -0.05) is 56.3 Å². The summed E-state index contributed by atoms with van der Waals surface area (Å²) in [6.07, 6.45) is 11.2. The Bertz CT molecular complexity index is 459. The molecular formula is C19H28ClN. The zero-order valence-electron chi connectivity index (χ0n) is 13.2. The normalized spacial score (nSPS) is 30.7. The fraction of sp³-hybridized carbons (Fsp3) is 0.684. The Morgan fingerprint density at radius 2 is 1.95 bits per heavy atom. The van der Waals surface area contributed by atoms with E-state index in [0.29, 0.717) is 12.1 Å². The first kappa shape index (κ1) is 15.4. The van der Waals surface area contributed by atoms with E-state index in [1.165, 1.54) is 50.5 Å². The van der Waals surface area contributed by atoms with Gasteiger partial charge >= 0.3 is 0 Å². The van der Waals surface area contributed by atoms with Crippen molar-refractivity contribution < 1.29 is 0 Å². The summed E-state index contributed by atoms with van der Waals surface area (Å²) in [5.74, 6) is 2.02. The molecule has 0 saturated heterocycles. The van der Waals surface area contributed by atoms with Gasteiger partial charge in [0.2, 0.25) is 0 Å². The number of rotatable bonds is 4. The lowest BCUT2D eigenvalue weighted by molar-refractivity contribution is 0.138. The molecular weight excluding hydrogens is 278 g/mol. The zero-order valence-corrected chi connectivity index (χ0v) is 13.9. The van der Waals surface area contributed by atoms with Gasteiger partial charge in [0, 0.05) is 17.1 Å². The smallest absolute Gasteiger partial charge is 0.0409 e. The maximum atomic E-state index is 6.15. The minimum atomic E-state index is 0.453. The van der Waals surface area contributed by atoms with Crippen LogP contribution in [0.3, 0.4) is 0 Å². The van der Waals surface area contributed by atoms with Gasteiger partial charge in [0.1, 0.15) is 0 Å². The second kappa shape index (κ2) is 7.15. The molecule has 1 nitrogen and oxygen atoms in total. The van der Waals surface area contributed by atoms with Crippen LogP contribution in [0.15, 0.2) is 24.3 Å². The number of fused-ring (bicyclic) bond motifs is 1. The van der Waals surface area contributed by atoms with Crippen LogP contribution in [0.25, 0.3) is 0 Å². The molecule has 0 amide bonds. The highest BCUT2D eigenvalue weighted by Gasteiger charge is 2.32. The van der Waals surface area contributed by atoms with Crippen molar-refractivity contribution in [3.05, 3.63) is 34.9 Å². The highest BCUT2D eigenvalue weighted by molar-refractivity contribution is 6.30. The number of halogens is 1. The molecule has 0 bridgehead atoms. The molecule has 2 saturated carbocycles. The monoisotopic (exact) mass is 305 g/mol. The van der Waals surface area contributed by atoms with E-state index in [-0.39, 0.29) is 0 Å². The van der Waals surface area contributed by atoms with Gasteiger partial charge in [-0.05, 0) is 55.2 Å². The van der Waals surface area contributed by atoms with Gasteiger partial charge in [-0.2, -0.15) is 0 Å². The van der Waals surface area contributed by atoms with Crippen molar-refractivity contribution >= 4 is 11.6 Å². The van der Waals surface area contributed by atoms with Crippen LogP contribution in [0, 0.1) is 11.8 Å². The number of benzene rings is 1. The molecule has 21 heavy (non-hydrogen) atoms. The predicted molar refractivity (Wildman–Crippen MR) is 90.7 cm³/mol. The van der Waals surface area contributed by atoms with Crippen LogP contribution in [0.4, 0.5) is 0 Å². The van der Waals surface area contributed by atoms with E-state index in [1.807, 2.05) is 6.07 Å². The molecule has 3 rings (SSSR count). The summed E-state index contributed by atoms with van der Waals surface area (Å²) in [4.78, 5) is 0. The summed E-state index contributed by atoms with van der Waals surface area (Å²) < 4.78 is 0. The first-order valence-electron chi connectivity index (χ1n) is 8.77. The number of nitrogens with one attached hydrogen (secondary N) is 1. The Balaban J connectivity index is 1.62. The third kappa shape index (κ3) is 3.81. The lowest BCUT2D eigenvalue weighted by Crippen LogP contribution is -2.40. The summed E-state index contributed by atoms with van der Waals surface area (Å²) in [5.41, 5.74) is 1.34. The van der Waals surface area contributed by atoms with Crippen molar-refractivity contribution in [2.24, 2.45) is 11.8 Å². The average Bonchev–Trinajstić information content (AvgIpc) is 2.52. The van der Waals surface area contributed by atoms with E-state index in [9.17, 15) is 0 Å². The molecule has 0 spiro atoms. The topological polar surface area (TPSA) is 12.0 Å². The molecule has 4 unspecified atom stereocenters. The molecule has 0 heterocycles. The van der Waals surface area contributed by atoms with Crippen molar-refractivity contribution in [1.29, 1.82) is 0 Å². The van der Waals surface area contributed by atoms with E-state index in [4.69, 9.17) is 11.6 Å². The van der Waals surface area contributed by atoms with Crippen LogP contribution in [0.5, 0.6) is 0 Å². The Morgan fingerprint density at radius 1 is 1.14 bits per heavy atom. The third-order valence-corrected chi connectivity index (χ3v) is 5.87. The van der Waals surface area contributed by atoms with E-state index >= 15 is 0 Å². The summed E-state index contributed by atoms with van der Waals surface area (Å²) >= 11 is 6.15. The molecule has 4 atom stereocenters. The minimum Gasteiger partial charge on any atom is -0.307 e. The standard InChI is InChI=1S/C19H28ClN/c1-2-19(16-8-5-9-17(20)12-16)21-18-11-10-14-6-3-4-7-15(14)13-18/h5,8-9,12,14-15,18-19,21H,2-4,6-7,10-11,13H2,1H3. The van der Waals surface area contributed by atoms with Crippen molar-refractivity contribution in [3.63, 3.8) is 0 Å². The number of hydrogen-bond donors (Lipinski definition) is 1. The molecule has 0 radical (unpaired) electrons. The van der Waals surface area contributed by atoms with Crippen LogP contribution in [0.2, 0.25) is 5.02 Å². The van der Waals surface area contributed by atoms with Gasteiger partial charge in [0.15, 0.2) is 0 Å². The summed E-state index contributed by atoms with van der Waals surface area (Å²) in [5, 5.41) is 4.77. The average molecular weight is 306 g/mol. The summed E-state index contributed by atoms with van der Waals surface area (Å²) in [6, 6.07) is 9.52. The Hall–Kier alpha value is -0.530. The van der Waals surface area contributed by atoms with Gasteiger partial charge in [-0.15, -0.1) is 0 Å². The van der Waals surface area contributed by atoms with Crippen molar-refractivity contribution in [3.8, 4) is 0 Å². The minimum absolute atomic E-state index is 0.453. The van der Waals surface area contributed by atoms with Crippen LogP contribution < -0.4 is 5.32 Å². The molecule has 2 aliphatic rings. The molecule has 2 fully saturated rings. The molecule has 1 aromatic carbocycles. The lowest BCUT2D eigenvalue weighted by atomic mass is 9.69. The van der Waals surface area contributed by atoms with Crippen LogP contribution >= 0.6 is 11.6 Å². The maximum Gasteiger partial charge on any atom is 0.0409 e. The Morgan fingerprint density at radius 3 is 2.71 bits per heavy atom. The van der Waals surface area contributed by atoms with E-state index < -0.39 is 0 Å². The van der Waals surface area contributed by atoms with Crippen LogP contribution in [-0.4, -0.2) is 6.04 Å². The fourth-order valence-corrected chi connectivity index (χ4v) is 4.68. The Kier molecular flexibility index (Phi) is 5.24. The molecule has 2 heteroatoms.